The summed E-state index contributed by atoms with van der Waals surface area (Å²) in [7, 11) is 3.11. The van der Waals surface area contributed by atoms with E-state index >= 15 is 0 Å². The van der Waals surface area contributed by atoms with Crippen LogP contribution in [0.2, 0.25) is 0 Å². The van der Waals surface area contributed by atoms with Gasteiger partial charge in [-0.1, -0.05) is 12.1 Å². The summed E-state index contributed by atoms with van der Waals surface area (Å²) in [6.45, 7) is 3.98. The topological polar surface area (TPSA) is 128 Å². The number of carbonyl (C=O) groups excluding carboxylic acids is 4. The van der Waals surface area contributed by atoms with Crippen LogP contribution in [0.25, 0.3) is 0 Å². The second-order valence-corrected chi connectivity index (χ2v) is 8.55. The van der Waals surface area contributed by atoms with Gasteiger partial charge in [0.05, 0.1) is 7.11 Å². The number of aliphatic hydroxyl groups excluding tert-OH is 1. The van der Waals surface area contributed by atoms with Gasteiger partial charge in [0.15, 0.2) is 0 Å². The summed E-state index contributed by atoms with van der Waals surface area (Å²) in [5.74, 6) is -0.755. The maximum atomic E-state index is 13.3. The Balaban J connectivity index is 2.22. The molecule has 1 saturated heterocycles. The minimum atomic E-state index is -1.15. The van der Waals surface area contributed by atoms with Crippen LogP contribution in [0.5, 0.6) is 5.75 Å². The van der Waals surface area contributed by atoms with Crippen molar-refractivity contribution in [2.75, 3.05) is 33.8 Å². The number of nitrogens with zero attached hydrogens (tertiary/aromatic N) is 2. The fraction of sp³-hybridized carbons (Fsp3) is 0.583. The Hall–Kier alpha value is -3.14. The van der Waals surface area contributed by atoms with E-state index in [0.29, 0.717) is 38.2 Å². The first-order chi connectivity index (χ1) is 16.1. The molecule has 1 heterocycles. The van der Waals surface area contributed by atoms with Crippen molar-refractivity contribution in [1.82, 2.24) is 20.4 Å². The highest BCUT2D eigenvalue weighted by atomic mass is 16.5. The summed E-state index contributed by atoms with van der Waals surface area (Å²) >= 11 is 0. The van der Waals surface area contributed by atoms with Gasteiger partial charge in [0, 0.05) is 39.5 Å². The van der Waals surface area contributed by atoms with Gasteiger partial charge in [0.2, 0.25) is 17.7 Å². The first-order valence-corrected chi connectivity index (χ1v) is 11.6. The summed E-state index contributed by atoms with van der Waals surface area (Å²) < 4.78 is 5.17. The summed E-state index contributed by atoms with van der Waals surface area (Å²) in [4.78, 5) is 53.7. The van der Waals surface area contributed by atoms with E-state index in [1.807, 2.05) is 12.1 Å². The number of nitrogens with one attached hydrogen (secondary N) is 2. The molecule has 0 unspecified atom stereocenters. The monoisotopic (exact) mass is 476 g/mol. The molecule has 1 aliphatic rings. The highest BCUT2D eigenvalue weighted by molar-refractivity contribution is 5.92. The number of hydrogen-bond donors (Lipinski definition) is 3. The average molecular weight is 477 g/mol. The molecule has 3 N–H and O–H groups in total. The number of amides is 4. The van der Waals surface area contributed by atoms with E-state index in [9.17, 15) is 24.3 Å². The van der Waals surface area contributed by atoms with Gasteiger partial charge in [-0.05, 0) is 44.4 Å². The lowest BCUT2D eigenvalue weighted by atomic mass is 10.0. The van der Waals surface area contributed by atoms with E-state index in [0.717, 1.165) is 5.56 Å². The van der Waals surface area contributed by atoms with Gasteiger partial charge in [-0.2, -0.15) is 0 Å². The Morgan fingerprint density at radius 2 is 1.82 bits per heavy atom. The van der Waals surface area contributed by atoms with Crippen LogP contribution >= 0.6 is 0 Å². The number of benzene rings is 1. The standard InChI is InChI=1S/C24H36N4O6/c1-16-22(31)25-12-6-14-28(23(32)17(2)29)13-5-7-21(30)26-20(24(33)27(16)3)15-18-8-10-19(34-4)11-9-18/h8-11,16-17,20,29H,5-7,12-15H2,1-4H3,(H,25,31)(H,26,30)/t16-,17-,20-/m0/s1. The quantitative estimate of drug-likeness (QED) is 0.565. The van der Waals surface area contributed by atoms with E-state index in [1.165, 1.54) is 16.7 Å². The summed E-state index contributed by atoms with van der Waals surface area (Å²) in [6, 6.07) is 5.60. The zero-order chi connectivity index (χ0) is 25.3. The molecule has 0 bridgehead atoms. The van der Waals surface area contributed by atoms with Crippen LogP contribution in [-0.4, -0.2) is 90.5 Å². The Bertz CT molecular complexity index is 858. The third-order valence-corrected chi connectivity index (χ3v) is 5.95. The third-order valence-electron chi connectivity index (χ3n) is 5.95. The molecule has 3 atom stereocenters. The second kappa shape index (κ2) is 12.9. The molecule has 1 aromatic carbocycles. The van der Waals surface area contributed by atoms with Crippen molar-refractivity contribution in [3.63, 3.8) is 0 Å². The SMILES string of the molecule is COc1ccc(C[C@@H]2NC(=O)CCCN(C(=O)[C@H](C)O)CCCNC(=O)[C@H](C)N(C)C2=O)cc1. The van der Waals surface area contributed by atoms with Crippen LogP contribution in [0, 0.1) is 0 Å². The van der Waals surface area contributed by atoms with Crippen LogP contribution in [0.15, 0.2) is 24.3 Å². The van der Waals surface area contributed by atoms with Gasteiger partial charge in [-0.25, -0.2) is 0 Å². The van der Waals surface area contributed by atoms with E-state index < -0.39 is 24.1 Å². The molecule has 1 aromatic rings. The molecule has 2 rings (SSSR count). The zero-order valence-electron chi connectivity index (χ0n) is 20.4. The predicted octanol–water partition coefficient (Wildman–Crippen LogP) is 0.0789. The van der Waals surface area contributed by atoms with Crippen molar-refractivity contribution in [3.8, 4) is 5.75 Å². The molecule has 0 spiro atoms. The van der Waals surface area contributed by atoms with Crippen molar-refractivity contribution in [3.05, 3.63) is 29.8 Å². The number of likely N-dealkylation sites (N-methyl/N-ethyl adjacent to an activating group) is 1. The number of rotatable bonds is 4. The lowest BCUT2D eigenvalue weighted by Crippen LogP contribution is -2.54. The van der Waals surface area contributed by atoms with Gasteiger partial charge in [-0.3, -0.25) is 19.2 Å². The molecular formula is C24H36N4O6. The molecule has 1 fully saturated rings. The molecular weight excluding hydrogens is 440 g/mol. The van der Waals surface area contributed by atoms with Gasteiger partial charge < -0.3 is 30.3 Å². The van der Waals surface area contributed by atoms with Crippen LogP contribution in [0.1, 0.15) is 38.7 Å². The Kier molecular flexibility index (Phi) is 10.3. The molecule has 1 aliphatic heterocycles. The zero-order valence-corrected chi connectivity index (χ0v) is 20.4. The van der Waals surface area contributed by atoms with Crippen molar-refractivity contribution in [2.24, 2.45) is 0 Å². The molecule has 188 valence electrons. The van der Waals surface area contributed by atoms with Gasteiger partial charge in [-0.15, -0.1) is 0 Å². The van der Waals surface area contributed by atoms with Gasteiger partial charge >= 0.3 is 0 Å². The number of hydrogen-bond acceptors (Lipinski definition) is 6. The first-order valence-electron chi connectivity index (χ1n) is 11.6. The minimum Gasteiger partial charge on any atom is -0.497 e. The van der Waals surface area contributed by atoms with Crippen molar-refractivity contribution in [2.45, 2.75) is 57.7 Å². The number of aliphatic hydroxyl groups is 1. The summed E-state index contributed by atoms with van der Waals surface area (Å²) in [5.41, 5.74) is 0.830. The van der Waals surface area contributed by atoms with Gasteiger partial charge in [0.1, 0.15) is 23.9 Å². The fourth-order valence-corrected chi connectivity index (χ4v) is 3.73. The summed E-state index contributed by atoms with van der Waals surface area (Å²) in [6.07, 6.45) is 0.0881. The van der Waals surface area contributed by atoms with E-state index in [-0.39, 0.29) is 30.6 Å². The highest BCUT2D eigenvalue weighted by Crippen LogP contribution is 2.14. The maximum absolute atomic E-state index is 13.3. The largest absolute Gasteiger partial charge is 0.497 e. The van der Waals surface area contributed by atoms with E-state index in [4.69, 9.17) is 4.74 Å². The van der Waals surface area contributed by atoms with Crippen LogP contribution < -0.4 is 15.4 Å². The molecule has 0 aromatic heterocycles. The van der Waals surface area contributed by atoms with Crippen molar-refractivity contribution < 1.29 is 29.0 Å². The number of methoxy groups -OCH3 is 1. The molecule has 10 heteroatoms. The Labute approximate surface area is 200 Å². The molecule has 0 saturated carbocycles. The lowest BCUT2D eigenvalue weighted by molar-refractivity contribution is -0.141. The average Bonchev–Trinajstić information content (AvgIpc) is 2.83. The molecule has 10 nitrogen and oxygen atoms in total. The second-order valence-electron chi connectivity index (χ2n) is 8.55. The lowest BCUT2D eigenvalue weighted by Gasteiger charge is -2.29. The third kappa shape index (κ3) is 7.72. The van der Waals surface area contributed by atoms with Crippen LogP contribution in [-0.2, 0) is 25.6 Å². The van der Waals surface area contributed by atoms with Crippen molar-refractivity contribution in [1.29, 1.82) is 0 Å². The summed E-state index contributed by atoms with van der Waals surface area (Å²) in [5, 5.41) is 15.3. The molecule has 4 amide bonds. The normalized spacial score (nSPS) is 22.2. The van der Waals surface area contributed by atoms with E-state index in [1.54, 1.807) is 33.2 Å². The minimum absolute atomic E-state index is 0.117. The predicted molar refractivity (Wildman–Crippen MR) is 126 cm³/mol. The van der Waals surface area contributed by atoms with Crippen LogP contribution in [0.4, 0.5) is 0 Å². The molecule has 34 heavy (non-hydrogen) atoms. The fourth-order valence-electron chi connectivity index (χ4n) is 3.73. The van der Waals surface area contributed by atoms with Gasteiger partial charge in [0.25, 0.3) is 5.91 Å². The molecule has 0 radical (unpaired) electrons. The first kappa shape index (κ1) is 27.1. The molecule has 0 aliphatic carbocycles. The number of ether oxygens (including phenoxy) is 1. The number of carbonyl (C=O) groups is 4. The highest BCUT2D eigenvalue weighted by Gasteiger charge is 2.30. The smallest absolute Gasteiger partial charge is 0.251 e. The van der Waals surface area contributed by atoms with Crippen LogP contribution in [0.3, 0.4) is 0 Å². The Morgan fingerprint density at radius 3 is 2.44 bits per heavy atom. The Morgan fingerprint density at radius 1 is 1.18 bits per heavy atom. The van der Waals surface area contributed by atoms with Crippen molar-refractivity contribution >= 4 is 23.6 Å². The van der Waals surface area contributed by atoms with E-state index in [2.05, 4.69) is 10.6 Å². The maximum Gasteiger partial charge on any atom is 0.251 e.